The van der Waals surface area contributed by atoms with E-state index in [9.17, 15) is 9.18 Å². The van der Waals surface area contributed by atoms with E-state index in [1.165, 1.54) is 12.1 Å². The summed E-state index contributed by atoms with van der Waals surface area (Å²) in [5, 5.41) is 6.03. The molecule has 0 bridgehead atoms. The van der Waals surface area contributed by atoms with Crippen LogP contribution in [-0.4, -0.2) is 5.91 Å². The van der Waals surface area contributed by atoms with E-state index >= 15 is 0 Å². The van der Waals surface area contributed by atoms with Crippen molar-refractivity contribution in [3.8, 4) is 0 Å². The lowest BCUT2D eigenvalue weighted by molar-refractivity contribution is -0.117. The summed E-state index contributed by atoms with van der Waals surface area (Å²) in [5.41, 5.74) is 3.72. The summed E-state index contributed by atoms with van der Waals surface area (Å²) in [6.07, 6.45) is 0. The van der Waals surface area contributed by atoms with Crippen LogP contribution in [0.3, 0.4) is 0 Å². The van der Waals surface area contributed by atoms with Gasteiger partial charge < -0.3 is 5.32 Å². The molecule has 0 fully saturated rings. The average molecular weight is 270 g/mol. The van der Waals surface area contributed by atoms with Gasteiger partial charge in [0.05, 0.1) is 0 Å². The first-order chi connectivity index (χ1) is 9.63. The minimum atomic E-state index is -0.381. The van der Waals surface area contributed by atoms with Crippen molar-refractivity contribution in [2.24, 2.45) is 0 Å². The molecule has 0 spiro atoms. The van der Waals surface area contributed by atoms with Gasteiger partial charge in [-0.15, -0.1) is 0 Å². The molecule has 3 nitrogen and oxygen atoms in total. The Morgan fingerprint density at radius 3 is 2.90 bits per heavy atom. The van der Waals surface area contributed by atoms with Crippen LogP contribution in [0.25, 0.3) is 0 Å². The Balaban J connectivity index is 1.78. The van der Waals surface area contributed by atoms with Crippen LogP contribution in [0.4, 0.5) is 10.1 Å². The normalized spacial score (nSPS) is 16.9. The zero-order valence-corrected chi connectivity index (χ0v) is 11.1. The molecular formula is C16H15FN2O. The molecule has 1 aliphatic rings. The number of benzene rings is 2. The molecule has 2 aromatic carbocycles. The van der Waals surface area contributed by atoms with Crippen LogP contribution in [0.2, 0.25) is 0 Å². The Bertz CT molecular complexity index is 669. The molecule has 3 rings (SSSR count). The molecule has 102 valence electrons. The van der Waals surface area contributed by atoms with Crippen LogP contribution in [0, 0.1) is 12.7 Å². The molecule has 2 aromatic rings. The van der Waals surface area contributed by atoms with Crippen molar-refractivity contribution >= 4 is 11.6 Å². The van der Waals surface area contributed by atoms with E-state index in [1.54, 1.807) is 6.07 Å². The zero-order valence-electron chi connectivity index (χ0n) is 11.1. The van der Waals surface area contributed by atoms with Gasteiger partial charge in [0.2, 0.25) is 5.91 Å². The second-order valence-corrected chi connectivity index (χ2v) is 5.02. The Morgan fingerprint density at radius 1 is 1.25 bits per heavy atom. The Kier molecular flexibility index (Phi) is 3.24. The molecule has 20 heavy (non-hydrogen) atoms. The van der Waals surface area contributed by atoms with E-state index in [4.69, 9.17) is 0 Å². The Labute approximate surface area is 116 Å². The fraction of sp³-hybridized carbons (Fsp3) is 0.188. The van der Waals surface area contributed by atoms with Gasteiger partial charge in [-0.25, -0.2) is 4.39 Å². The quantitative estimate of drug-likeness (QED) is 0.900. The monoisotopic (exact) mass is 270 g/mol. The van der Waals surface area contributed by atoms with Crippen LogP contribution >= 0.6 is 0 Å². The molecule has 1 unspecified atom stereocenters. The number of carbonyl (C=O) groups excluding carboxylic acids is 1. The number of fused-ring (bicyclic) bond motifs is 1. The van der Waals surface area contributed by atoms with Crippen LogP contribution in [-0.2, 0) is 11.3 Å². The van der Waals surface area contributed by atoms with Gasteiger partial charge in [-0.1, -0.05) is 29.8 Å². The van der Waals surface area contributed by atoms with Crippen molar-refractivity contribution in [1.29, 1.82) is 0 Å². The summed E-state index contributed by atoms with van der Waals surface area (Å²) in [7, 11) is 0. The largest absolute Gasteiger partial charge is 0.324 e. The molecule has 0 aliphatic carbocycles. The van der Waals surface area contributed by atoms with Crippen molar-refractivity contribution in [1.82, 2.24) is 5.32 Å². The first kappa shape index (κ1) is 12.8. The van der Waals surface area contributed by atoms with Crippen molar-refractivity contribution in [2.45, 2.75) is 19.5 Å². The first-order valence-electron chi connectivity index (χ1n) is 6.53. The maximum atomic E-state index is 13.1. The van der Waals surface area contributed by atoms with Gasteiger partial charge in [0, 0.05) is 17.8 Å². The minimum absolute atomic E-state index is 0.0676. The maximum absolute atomic E-state index is 13.1. The number of rotatable bonds is 3. The van der Waals surface area contributed by atoms with Gasteiger partial charge in [0.15, 0.2) is 0 Å². The molecule has 1 aliphatic heterocycles. The predicted octanol–water partition coefficient (Wildman–Crippen LogP) is 2.92. The molecule has 0 saturated carbocycles. The van der Waals surface area contributed by atoms with E-state index in [0.717, 1.165) is 22.4 Å². The molecule has 0 aromatic heterocycles. The highest BCUT2D eigenvalue weighted by atomic mass is 19.1. The van der Waals surface area contributed by atoms with Crippen LogP contribution < -0.4 is 10.6 Å². The summed E-state index contributed by atoms with van der Waals surface area (Å²) in [5.74, 6) is -0.335. The highest BCUT2D eigenvalue weighted by Gasteiger charge is 2.29. The van der Waals surface area contributed by atoms with E-state index in [-0.39, 0.29) is 17.8 Å². The number of anilines is 1. The molecule has 0 saturated heterocycles. The number of amides is 1. The third-order valence-electron chi connectivity index (χ3n) is 3.44. The molecular weight excluding hydrogens is 255 g/mol. The van der Waals surface area contributed by atoms with Gasteiger partial charge >= 0.3 is 0 Å². The highest BCUT2D eigenvalue weighted by Crippen LogP contribution is 2.31. The van der Waals surface area contributed by atoms with Crippen LogP contribution in [0.5, 0.6) is 0 Å². The minimum Gasteiger partial charge on any atom is -0.324 e. The van der Waals surface area contributed by atoms with Crippen molar-refractivity contribution < 1.29 is 9.18 Å². The lowest BCUT2D eigenvalue weighted by Gasteiger charge is -2.12. The summed E-state index contributed by atoms with van der Waals surface area (Å²) in [4.78, 5) is 12.0. The predicted molar refractivity (Wildman–Crippen MR) is 75.8 cm³/mol. The molecule has 1 heterocycles. The smallest absolute Gasteiger partial charge is 0.246 e. The molecule has 1 atom stereocenters. The second kappa shape index (κ2) is 5.06. The highest BCUT2D eigenvalue weighted by molar-refractivity contribution is 6.02. The summed E-state index contributed by atoms with van der Waals surface area (Å²) < 4.78 is 13.1. The topological polar surface area (TPSA) is 41.1 Å². The standard InChI is InChI=1S/C16H15FN2O/c1-10-5-6-14-13(7-10)15(16(20)19-14)18-9-11-3-2-4-12(17)8-11/h2-8,15,18H,9H2,1H3,(H,19,20). The lowest BCUT2D eigenvalue weighted by Crippen LogP contribution is -2.27. The number of aryl methyl sites for hydroxylation is 1. The first-order valence-corrected chi connectivity index (χ1v) is 6.53. The number of nitrogens with one attached hydrogen (secondary N) is 2. The second-order valence-electron chi connectivity index (χ2n) is 5.02. The Hall–Kier alpha value is -2.20. The van der Waals surface area contributed by atoms with E-state index in [1.807, 2.05) is 31.2 Å². The molecule has 4 heteroatoms. The van der Waals surface area contributed by atoms with E-state index in [2.05, 4.69) is 10.6 Å². The van der Waals surface area contributed by atoms with Crippen LogP contribution in [0.1, 0.15) is 22.7 Å². The summed E-state index contributed by atoms with van der Waals surface area (Å²) in [6.45, 7) is 2.44. The van der Waals surface area contributed by atoms with E-state index in [0.29, 0.717) is 6.54 Å². The van der Waals surface area contributed by atoms with E-state index < -0.39 is 0 Å². The molecule has 1 amide bonds. The van der Waals surface area contributed by atoms with Crippen molar-refractivity contribution in [3.05, 3.63) is 65.0 Å². The number of carbonyl (C=O) groups is 1. The SMILES string of the molecule is Cc1ccc2c(c1)C(NCc1cccc(F)c1)C(=O)N2. The van der Waals surface area contributed by atoms with Gasteiger partial charge in [0.1, 0.15) is 11.9 Å². The van der Waals surface area contributed by atoms with Gasteiger partial charge in [-0.3, -0.25) is 10.1 Å². The van der Waals surface area contributed by atoms with Crippen molar-refractivity contribution in [2.75, 3.05) is 5.32 Å². The Morgan fingerprint density at radius 2 is 2.10 bits per heavy atom. The van der Waals surface area contributed by atoms with Gasteiger partial charge in [-0.05, 0) is 30.7 Å². The third kappa shape index (κ3) is 2.42. The third-order valence-corrected chi connectivity index (χ3v) is 3.44. The van der Waals surface area contributed by atoms with Gasteiger partial charge in [0.25, 0.3) is 0 Å². The average Bonchev–Trinajstić information content (AvgIpc) is 2.72. The fourth-order valence-corrected chi connectivity index (χ4v) is 2.45. The number of halogens is 1. The number of hydrogen-bond donors (Lipinski definition) is 2. The summed E-state index contributed by atoms with van der Waals surface area (Å²) in [6, 6.07) is 11.9. The lowest BCUT2D eigenvalue weighted by atomic mass is 10.1. The molecule has 0 radical (unpaired) electrons. The van der Waals surface area contributed by atoms with Crippen molar-refractivity contribution in [3.63, 3.8) is 0 Å². The number of hydrogen-bond acceptors (Lipinski definition) is 2. The fourth-order valence-electron chi connectivity index (χ4n) is 2.45. The van der Waals surface area contributed by atoms with Crippen LogP contribution in [0.15, 0.2) is 42.5 Å². The molecule has 2 N–H and O–H groups in total. The van der Waals surface area contributed by atoms with Gasteiger partial charge in [-0.2, -0.15) is 0 Å². The summed E-state index contributed by atoms with van der Waals surface area (Å²) >= 11 is 0. The maximum Gasteiger partial charge on any atom is 0.246 e. The zero-order chi connectivity index (χ0) is 14.1.